The van der Waals surface area contributed by atoms with Crippen LogP contribution in [0.2, 0.25) is 0 Å². The molecule has 0 N–H and O–H groups in total. The van der Waals surface area contributed by atoms with Crippen molar-refractivity contribution in [2.45, 2.75) is 168 Å². The lowest BCUT2D eigenvalue weighted by Crippen LogP contribution is -2.37. The largest absolute Gasteiger partial charge is 0.756 e. The van der Waals surface area contributed by atoms with Crippen molar-refractivity contribution in [1.82, 2.24) is 0 Å². The van der Waals surface area contributed by atoms with E-state index in [2.05, 4.69) is 19.9 Å². The van der Waals surface area contributed by atoms with Gasteiger partial charge in [0, 0.05) is 19.3 Å². The summed E-state index contributed by atoms with van der Waals surface area (Å²) in [5.41, 5.74) is 0. The number of rotatable bonds is 36. The van der Waals surface area contributed by atoms with Crippen LogP contribution in [0.15, 0.2) is 24.3 Å². The Labute approximate surface area is 311 Å². The normalized spacial score (nSPS) is 13.8. The number of carbonyl (C=O) groups is 3. The molecule has 0 aliphatic carbocycles. The highest BCUT2D eigenvalue weighted by Crippen LogP contribution is 2.38. The number of unbranched alkanes of at least 4 members (excludes halogenated alkanes) is 17. The van der Waals surface area contributed by atoms with E-state index in [0.29, 0.717) is 23.9 Å². The quantitative estimate of drug-likeness (QED) is 0.0154. The van der Waals surface area contributed by atoms with Crippen LogP contribution < -0.4 is 4.89 Å². The van der Waals surface area contributed by atoms with Gasteiger partial charge in [-0.3, -0.25) is 18.9 Å². The Morgan fingerprint density at radius 3 is 1.75 bits per heavy atom. The molecule has 0 rings (SSSR count). The molecule has 0 bridgehead atoms. The van der Waals surface area contributed by atoms with Gasteiger partial charge in [-0.25, -0.2) is 0 Å². The number of allylic oxidation sites excluding steroid dienone is 4. The zero-order valence-electron chi connectivity index (χ0n) is 33.0. The summed E-state index contributed by atoms with van der Waals surface area (Å²) in [5, 5.41) is 0. The number of phosphoric ester groups is 1. The smallest absolute Gasteiger partial charge is 0.306 e. The molecule has 2 atom stereocenters. The van der Waals surface area contributed by atoms with Crippen molar-refractivity contribution in [3.63, 3.8) is 0 Å². The van der Waals surface area contributed by atoms with Crippen LogP contribution in [0.5, 0.6) is 0 Å². The highest BCUT2D eigenvalue weighted by atomic mass is 31.2. The summed E-state index contributed by atoms with van der Waals surface area (Å²) in [7, 11) is 1.11. The molecule has 0 saturated heterocycles. The van der Waals surface area contributed by atoms with E-state index >= 15 is 0 Å². The molecule has 0 fully saturated rings. The van der Waals surface area contributed by atoms with Gasteiger partial charge in [0.25, 0.3) is 7.82 Å². The minimum Gasteiger partial charge on any atom is -0.756 e. The SMILES string of the molecule is CCCCCCCCCCCCCC(=O)OC[C@H](COP(=O)([O-])OCC[N+](C)(C)C)OC(=O)CCCCCCC/C=C\C=C\C(=O)CCCCC. The van der Waals surface area contributed by atoms with Crippen molar-refractivity contribution in [2.75, 3.05) is 47.5 Å². The van der Waals surface area contributed by atoms with Gasteiger partial charge in [0.1, 0.15) is 19.8 Å². The molecule has 298 valence electrons. The second-order valence-electron chi connectivity index (χ2n) is 14.7. The van der Waals surface area contributed by atoms with Crippen LogP contribution in [0.4, 0.5) is 0 Å². The summed E-state index contributed by atoms with van der Waals surface area (Å²) in [6.45, 7) is 3.99. The molecule has 0 heterocycles. The molecule has 11 heteroatoms. The van der Waals surface area contributed by atoms with Crippen LogP contribution >= 0.6 is 7.82 Å². The van der Waals surface area contributed by atoms with E-state index in [1.165, 1.54) is 51.4 Å². The fourth-order valence-electron chi connectivity index (χ4n) is 5.22. The number of ketones is 1. The Kier molecular flexibility index (Phi) is 31.6. The monoisotopic (exact) mass is 744 g/mol. The molecule has 10 nitrogen and oxygen atoms in total. The highest BCUT2D eigenvalue weighted by molar-refractivity contribution is 7.45. The zero-order valence-corrected chi connectivity index (χ0v) is 33.9. The topological polar surface area (TPSA) is 128 Å². The van der Waals surface area contributed by atoms with Crippen molar-refractivity contribution >= 4 is 25.5 Å². The zero-order chi connectivity index (χ0) is 38.1. The van der Waals surface area contributed by atoms with Gasteiger partial charge in [-0.1, -0.05) is 128 Å². The van der Waals surface area contributed by atoms with Gasteiger partial charge < -0.3 is 27.9 Å². The summed E-state index contributed by atoms with van der Waals surface area (Å²) >= 11 is 0. The Bertz CT molecular complexity index is 993. The van der Waals surface area contributed by atoms with Crippen molar-refractivity contribution in [3.05, 3.63) is 24.3 Å². The molecule has 0 aliphatic rings. The molecular formula is C40H74NO9P. The minimum atomic E-state index is -4.64. The Balaban J connectivity index is 4.48. The van der Waals surface area contributed by atoms with E-state index in [4.69, 9.17) is 18.5 Å². The number of esters is 2. The first-order valence-electron chi connectivity index (χ1n) is 20.0. The summed E-state index contributed by atoms with van der Waals surface area (Å²) in [4.78, 5) is 49.1. The van der Waals surface area contributed by atoms with Crippen LogP contribution in [-0.4, -0.2) is 75.8 Å². The van der Waals surface area contributed by atoms with Crippen LogP contribution in [0.25, 0.3) is 0 Å². The molecule has 0 aromatic carbocycles. The number of nitrogens with zero attached hydrogens (tertiary/aromatic N) is 1. The molecule has 0 aromatic heterocycles. The second kappa shape index (κ2) is 32.8. The number of hydrogen-bond donors (Lipinski definition) is 0. The number of hydrogen-bond acceptors (Lipinski definition) is 9. The van der Waals surface area contributed by atoms with Gasteiger partial charge >= 0.3 is 11.9 Å². The summed E-state index contributed by atoms with van der Waals surface area (Å²) < 4.78 is 33.7. The van der Waals surface area contributed by atoms with Crippen molar-refractivity contribution in [3.8, 4) is 0 Å². The van der Waals surface area contributed by atoms with Gasteiger partial charge in [0.2, 0.25) is 0 Å². The van der Waals surface area contributed by atoms with Crippen LogP contribution in [0.3, 0.4) is 0 Å². The predicted octanol–water partition coefficient (Wildman–Crippen LogP) is 9.34. The van der Waals surface area contributed by atoms with Crippen molar-refractivity contribution < 1.29 is 46.8 Å². The molecule has 1 unspecified atom stereocenters. The Hall–Kier alpha value is -1.84. The average Bonchev–Trinajstić information content (AvgIpc) is 3.06. The Morgan fingerprint density at radius 1 is 0.647 bits per heavy atom. The van der Waals surface area contributed by atoms with E-state index in [-0.39, 0.29) is 31.8 Å². The molecule has 0 aliphatic heterocycles. The van der Waals surface area contributed by atoms with Gasteiger partial charge in [0.05, 0.1) is 27.7 Å². The Morgan fingerprint density at radius 2 is 1.16 bits per heavy atom. The number of ether oxygens (including phenoxy) is 2. The van der Waals surface area contributed by atoms with Crippen LogP contribution in [-0.2, 0) is 37.5 Å². The third kappa shape index (κ3) is 36.3. The lowest BCUT2D eigenvalue weighted by Gasteiger charge is -2.28. The highest BCUT2D eigenvalue weighted by Gasteiger charge is 2.21. The first kappa shape index (κ1) is 49.2. The number of likely N-dealkylation sites (N-methyl/N-ethyl adjacent to an activating group) is 1. The van der Waals surface area contributed by atoms with E-state index in [9.17, 15) is 23.8 Å². The number of carbonyl (C=O) groups excluding carboxylic acids is 3. The summed E-state index contributed by atoms with van der Waals surface area (Å²) in [6.07, 6.45) is 29.0. The minimum absolute atomic E-state index is 0.0454. The van der Waals surface area contributed by atoms with Crippen molar-refractivity contribution in [1.29, 1.82) is 0 Å². The van der Waals surface area contributed by atoms with Crippen LogP contribution in [0, 0.1) is 0 Å². The average molecular weight is 744 g/mol. The van der Waals surface area contributed by atoms with Crippen molar-refractivity contribution in [2.24, 2.45) is 0 Å². The van der Waals surface area contributed by atoms with Crippen LogP contribution in [0.1, 0.15) is 162 Å². The lowest BCUT2D eigenvalue weighted by molar-refractivity contribution is -0.870. The summed E-state index contributed by atoms with van der Waals surface area (Å²) in [5.74, 6) is -0.722. The maximum absolute atomic E-state index is 12.6. The van der Waals surface area contributed by atoms with Gasteiger partial charge in [-0.2, -0.15) is 0 Å². The number of phosphoric acid groups is 1. The van der Waals surface area contributed by atoms with Gasteiger partial charge in [0.15, 0.2) is 11.9 Å². The maximum atomic E-state index is 12.6. The van der Waals surface area contributed by atoms with E-state index in [1.54, 1.807) is 6.08 Å². The van der Waals surface area contributed by atoms with Gasteiger partial charge in [-0.15, -0.1) is 0 Å². The molecule has 51 heavy (non-hydrogen) atoms. The fraction of sp³-hybridized carbons (Fsp3) is 0.825. The summed E-state index contributed by atoms with van der Waals surface area (Å²) in [6, 6.07) is 0. The fourth-order valence-corrected chi connectivity index (χ4v) is 5.95. The molecule has 0 amide bonds. The first-order valence-corrected chi connectivity index (χ1v) is 21.5. The third-order valence-corrected chi connectivity index (χ3v) is 9.41. The second-order valence-corrected chi connectivity index (χ2v) is 16.1. The molecule has 0 spiro atoms. The van der Waals surface area contributed by atoms with Gasteiger partial charge in [-0.05, 0) is 38.2 Å². The lowest BCUT2D eigenvalue weighted by atomic mass is 10.1. The number of quaternary nitrogens is 1. The standard InChI is InChI=1S/C40H74NO9P/c1-6-8-10-11-12-13-14-17-20-23-27-31-39(43)47-35-38(36-49-51(45,46)48-34-33-41(3,4)5)50-40(44)32-28-24-21-18-15-16-19-22-26-30-37(42)29-25-9-7-2/h19,22,26,30,38H,6-18,20-21,23-25,27-29,31-36H2,1-5H3/b22-19-,30-26+/t38-/m1/s1. The van der Waals surface area contributed by atoms with E-state index in [0.717, 1.165) is 70.6 Å². The van der Waals surface area contributed by atoms with E-state index < -0.39 is 32.5 Å². The predicted molar refractivity (Wildman–Crippen MR) is 204 cm³/mol. The molecule has 0 aromatic rings. The molecular weight excluding hydrogens is 669 g/mol. The molecule has 0 radical (unpaired) electrons. The molecule has 0 saturated carbocycles. The first-order chi connectivity index (χ1) is 24.4. The van der Waals surface area contributed by atoms with E-state index in [1.807, 2.05) is 33.3 Å². The maximum Gasteiger partial charge on any atom is 0.306 e. The third-order valence-electron chi connectivity index (χ3n) is 8.45.